The van der Waals surface area contributed by atoms with Crippen molar-refractivity contribution in [3.05, 3.63) is 29.8 Å². The monoisotopic (exact) mass is 295 g/mol. The van der Waals surface area contributed by atoms with Gasteiger partial charge >= 0.3 is 5.97 Å². The van der Waals surface area contributed by atoms with Crippen molar-refractivity contribution >= 4 is 5.97 Å². The largest absolute Gasteiger partial charge is 0.491 e. The van der Waals surface area contributed by atoms with Gasteiger partial charge in [-0.1, -0.05) is 26.0 Å². The van der Waals surface area contributed by atoms with Crippen LogP contribution in [0, 0.1) is 0 Å². The fourth-order valence-corrected chi connectivity index (χ4v) is 1.90. The van der Waals surface area contributed by atoms with Crippen LogP contribution in [0.4, 0.5) is 0 Å². The lowest BCUT2D eigenvalue weighted by Gasteiger charge is -2.20. The van der Waals surface area contributed by atoms with E-state index in [-0.39, 0.29) is 18.6 Å². The highest BCUT2D eigenvalue weighted by Crippen LogP contribution is 2.14. The molecule has 0 bridgehead atoms. The van der Waals surface area contributed by atoms with Crippen LogP contribution in [0.2, 0.25) is 0 Å². The zero-order valence-electron chi connectivity index (χ0n) is 13.2. The third-order valence-corrected chi connectivity index (χ3v) is 2.73. The Kier molecular flexibility index (Phi) is 7.79. The van der Waals surface area contributed by atoms with Crippen LogP contribution < -0.4 is 10.1 Å². The molecule has 118 valence electrons. The molecule has 5 heteroatoms. The normalized spacial score (nSPS) is 12.2. The van der Waals surface area contributed by atoms with Crippen molar-refractivity contribution < 1.29 is 19.0 Å². The fourth-order valence-electron chi connectivity index (χ4n) is 1.90. The Bertz CT molecular complexity index is 434. The summed E-state index contributed by atoms with van der Waals surface area (Å²) in [7, 11) is 1.65. The molecule has 21 heavy (non-hydrogen) atoms. The van der Waals surface area contributed by atoms with Gasteiger partial charge in [-0.15, -0.1) is 0 Å². The van der Waals surface area contributed by atoms with Gasteiger partial charge in [-0.25, -0.2) is 0 Å². The van der Waals surface area contributed by atoms with E-state index in [2.05, 4.69) is 5.32 Å². The van der Waals surface area contributed by atoms with Crippen molar-refractivity contribution in [3.63, 3.8) is 0 Å². The Morgan fingerprint density at radius 1 is 1.33 bits per heavy atom. The SMILES string of the molecule is CCOC(=O)C(COc1cccc(COC)c1)NC(C)C. The summed E-state index contributed by atoms with van der Waals surface area (Å²) < 4.78 is 15.8. The molecule has 0 radical (unpaired) electrons. The first-order valence-electron chi connectivity index (χ1n) is 7.20. The number of carbonyl (C=O) groups excluding carboxylic acids is 1. The van der Waals surface area contributed by atoms with Gasteiger partial charge in [-0.2, -0.15) is 0 Å². The van der Waals surface area contributed by atoms with Gasteiger partial charge in [0.2, 0.25) is 0 Å². The molecule has 1 atom stereocenters. The summed E-state index contributed by atoms with van der Waals surface area (Å²) in [5, 5.41) is 3.15. The average Bonchev–Trinajstić information content (AvgIpc) is 2.44. The maximum absolute atomic E-state index is 11.9. The summed E-state index contributed by atoms with van der Waals surface area (Å²) in [6.45, 7) is 6.87. The number of carbonyl (C=O) groups is 1. The smallest absolute Gasteiger partial charge is 0.326 e. The highest BCUT2D eigenvalue weighted by Gasteiger charge is 2.21. The molecule has 1 rings (SSSR count). The molecule has 0 aliphatic carbocycles. The first kappa shape index (κ1) is 17.5. The second kappa shape index (κ2) is 9.37. The Balaban J connectivity index is 2.62. The number of benzene rings is 1. The maximum Gasteiger partial charge on any atom is 0.326 e. The van der Waals surface area contributed by atoms with E-state index < -0.39 is 6.04 Å². The minimum Gasteiger partial charge on any atom is -0.491 e. The number of esters is 1. The molecule has 0 aromatic heterocycles. The zero-order valence-corrected chi connectivity index (χ0v) is 13.2. The molecule has 1 aromatic carbocycles. The van der Waals surface area contributed by atoms with Gasteiger partial charge in [-0.05, 0) is 24.6 Å². The average molecular weight is 295 g/mol. The summed E-state index contributed by atoms with van der Waals surface area (Å²) in [5.74, 6) is 0.420. The Hall–Kier alpha value is -1.59. The van der Waals surface area contributed by atoms with E-state index >= 15 is 0 Å². The van der Waals surface area contributed by atoms with Crippen molar-refractivity contribution in [3.8, 4) is 5.75 Å². The van der Waals surface area contributed by atoms with Gasteiger partial charge in [0.1, 0.15) is 18.4 Å². The maximum atomic E-state index is 11.9. The van der Waals surface area contributed by atoms with Crippen LogP contribution in [0.15, 0.2) is 24.3 Å². The number of ether oxygens (including phenoxy) is 3. The lowest BCUT2D eigenvalue weighted by atomic mass is 10.2. The van der Waals surface area contributed by atoms with Gasteiger partial charge in [0, 0.05) is 13.2 Å². The first-order chi connectivity index (χ1) is 10.1. The molecular formula is C16H25NO4. The number of nitrogens with one attached hydrogen (secondary N) is 1. The standard InChI is InChI=1S/C16H25NO4/c1-5-20-16(18)15(17-12(2)3)11-21-14-8-6-7-13(9-14)10-19-4/h6-9,12,15,17H,5,10-11H2,1-4H3. The summed E-state index contributed by atoms with van der Waals surface area (Å²) in [6, 6.07) is 7.32. The van der Waals surface area contributed by atoms with Crippen LogP contribution in [-0.2, 0) is 20.9 Å². The van der Waals surface area contributed by atoms with Crippen molar-refractivity contribution in [1.82, 2.24) is 5.32 Å². The van der Waals surface area contributed by atoms with Crippen molar-refractivity contribution in [2.75, 3.05) is 20.3 Å². The highest BCUT2D eigenvalue weighted by molar-refractivity contribution is 5.76. The number of hydrogen-bond donors (Lipinski definition) is 1. The Morgan fingerprint density at radius 2 is 2.10 bits per heavy atom. The molecule has 0 fully saturated rings. The van der Waals surface area contributed by atoms with Gasteiger partial charge in [0.05, 0.1) is 13.2 Å². The van der Waals surface area contributed by atoms with Crippen molar-refractivity contribution in [2.24, 2.45) is 0 Å². The summed E-state index contributed by atoms with van der Waals surface area (Å²) in [6.07, 6.45) is 0. The molecule has 0 aliphatic rings. The van der Waals surface area contributed by atoms with E-state index in [0.717, 1.165) is 5.56 Å². The predicted molar refractivity (Wildman–Crippen MR) is 81.3 cm³/mol. The van der Waals surface area contributed by atoms with E-state index in [0.29, 0.717) is 19.0 Å². The van der Waals surface area contributed by atoms with E-state index in [1.807, 2.05) is 38.1 Å². The minimum atomic E-state index is -0.476. The molecule has 0 spiro atoms. The third-order valence-electron chi connectivity index (χ3n) is 2.73. The molecule has 5 nitrogen and oxygen atoms in total. The fraction of sp³-hybridized carbons (Fsp3) is 0.562. The van der Waals surface area contributed by atoms with Gasteiger partial charge in [-0.3, -0.25) is 10.1 Å². The Morgan fingerprint density at radius 3 is 2.71 bits per heavy atom. The molecule has 0 aliphatic heterocycles. The van der Waals surface area contributed by atoms with Gasteiger partial charge in [0.15, 0.2) is 0 Å². The van der Waals surface area contributed by atoms with Crippen LogP contribution in [0.25, 0.3) is 0 Å². The topological polar surface area (TPSA) is 56.8 Å². The van der Waals surface area contributed by atoms with E-state index in [1.165, 1.54) is 0 Å². The third kappa shape index (κ3) is 6.60. The second-order valence-electron chi connectivity index (χ2n) is 5.02. The summed E-state index contributed by atoms with van der Waals surface area (Å²) in [5.41, 5.74) is 1.03. The molecule has 1 N–H and O–H groups in total. The van der Waals surface area contributed by atoms with Gasteiger partial charge in [0.25, 0.3) is 0 Å². The summed E-state index contributed by atoms with van der Waals surface area (Å²) in [4.78, 5) is 11.9. The molecule has 0 saturated heterocycles. The van der Waals surface area contributed by atoms with Crippen molar-refractivity contribution in [1.29, 1.82) is 0 Å². The van der Waals surface area contributed by atoms with E-state index in [1.54, 1.807) is 14.0 Å². The molecular weight excluding hydrogens is 270 g/mol. The Labute approximate surface area is 126 Å². The quantitative estimate of drug-likeness (QED) is 0.707. The number of methoxy groups -OCH3 is 1. The number of hydrogen-bond acceptors (Lipinski definition) is 5. The van der Waals surface area contributed by atoms with E-state index in [9.17, 15) is 4.79 Å². The lowest BCUT2D eigenvalue weighted by Crippen LogP contribution is -2.45. The minimum absolute atomic E-state index is 0.169. The molecule has 0 amide bonds. The molecule has 1 unspecified atom stereocenters. The molecule has 0 saturated carbocycles. The first-order valence-corrected chi connectivity index (χ1v) is 7.20. The molecule has 0 heterocycles. The second-order valence-corrected chi connectivity index (χ2v) is 5.02. The zero-order chi connectivity index (χ0) is 15.7. The van der Waals surface area contributed by atoms with Crippen LogP contribution >= 0.6 is 0 Å². The van der Waals surface area contributed by atoms with Crippen LogP contribution in [0.1, 0.15) is 26.3 Å². The summed E-state index contributed by atoms with van der Waals surface area (Å²) >= 11 is 0. The molecule has 1 aromatic rings. The van der Waals surface area contributed by atoms with Crippen LogP contribution in [0.5, 0.6) is 5.75 Å². The van der Waals surface area contributed by atoms with Crippen molar-refractivity contribution in [2.45, 2.75) is 39.5 Å². The highest BCUT2D eigenvalue weighted by atomic mass is 16.5. The van der Waals surface area contributed by atoms with E-state index in [4.69, 9.17) is 14.2 Å². The lowest BCUT2D eigenvalue weighted by molar-refractivity contribution is -0.146. The number of rotatable bonds is 9. The van der Waals surface area contributed by atoms with Crippen LogP contribution in [-0.4, -0.2) is 38.4 Å². The predicted octanol–water partition coefficient (Wildman–Crippen LogP) is 2.14. The van der Waals surface area contributed by atoms with Gasteiger partial charge < -0.3 is 14.2 Å². The van der Waals surface area contributed by atoms with Crippen LogP contribution in [0.3, 0.4) is 0 Å².